The van der Waals surface area contributed by atoms with E-state index in [4.69, 9.17) is 4.74 Å². The number of hydrogen-bond donors (Lipinski definition) is 1. The Morgan fingerprint density at radius 1 is 0.968 bits per heavy atom. The van der Waals surface area contributed by atoms with Crippen molar-refractivity contribution in [2.45, 2.75) is 72.5 Å². The van der Waals surface area contributed by atoms with Crippen molar-refractivity contribution in [1.29, 1.82) is 0 Å². The van der Waals surface area contributed by atoms with Gasteiger partial charge >= 0.3 is 0 Å². The summed E-state index contributed by atoms with van der Waals surface area (Å²) < 4.78 is 5.75. The van der Waals surface area contributed by atoms with Crippen LogP contribution >= 0.6 is 0 Å². The van der Waals surface area contributed by atoms with Crippen molar-refractivity contribution in [3.05, 3.63) is 65.2 Å². The second-order valence-corrected chi connectivity index (χ2v) is 9.43. The highest BCUT2D eigenvalue weighted by atomic mass is 16.5. The van der Waals surface area contributed by atoms with Gasteiger partial charge in [0, 0.05) is 12.1 Å². The fourth-order valence-electron chi connectivity index (χ4n) is 3.12. The molecule has 0 bridgehead atoms. The average molecular weight is 425 g/mol. The second-order valence-electron chi connectivity index (χ2n) is 9.43. The van der Waals surface area contributed by atoms with E-state index in [-0.39, 0.29) is 24.0 Å². The van der Waals surface area contributed by atoms with Crippen LogP contribution in [0.15, 0.2) is 48.5 Å². The van der Waals surface area contributed by atoms with Crippen molar-refractivity contribution < 1.29 is 14.3 Å². The van der Waals surface area contributed by atoms with Gasteiger partial charge in [-0.15, -0.1) is 0 Å². The van der Waals surface area contributed by atoms with Crippen LogP contribution in [0.3, 0.4) is 0 Å². The first-order valence-electron chi connectivity index (χ1n) is 10.9. The molecular weight excluding hydrogens is 388 g/mol. The van der Waals surface area contributed by atoms with Gasteiger partial charge in [0.05, 0.1) is 0 Å². The van der Waals surface area contributed by atoms with Gasteiger partial charge in [0.15, 0.2) is 6.61 Å². The van der Waals surface area contributed by atoms with Gasteiger partial charge in [-0.1, -0.05) is 55.8 Å². The fourth-order valence-corrected chi connectivity index (χ4v) is 3.12. The SMILES string of the molecule is Cc1ccc(CN(C(=O)COc2ccc(C(C)C)cc2)[C@H](C)C(=O)NC(C)(C)C)cc1. The van der Waals surface area contributed by atoms with E-state index in [1.165, 1.54) is 5.56 Å². The fraction of sp³-hybridized carbons (Fsp3) is 0.462. The molecule has 0 saturated carbocycles. The molecule has 5 nitrogen and oxygen atoms in total. The summed E-state index contributed by atoms with van der Waals surface area (Å²) in [6.45, 7) is 14.0. The summed E-state index contributed by atoms with van der Waals surface area (Å²) in [6, 6.07) is 15.1. The normalized spacial score (nSPS) is 12.4. The van der Waals surface area contributed by atoms with Crippen molar-refractivity contribution in [3.63, 3.8) is 0 Å². The minimum Gasteiger partial charge on any atom is -0.484 e. The van der Waals surface area contributed by atoms with Crippen LogP contribution in [0.25, 0.3) is 0 Å². The minimum absolute atomic E-state index is 0.125. The summed E-state index contributed by atoms with van der Waals surface area (Å²) in [5.41, 5.74) is 2.95. The molecule has 2 rings (SSSR count). The summed E-state index contributed by atoms with van der Waals surface area (Å²) in [5, 5.41) is 2.97. The van der Waals surface area contributed by atoms with Crippen LogP contribution < -0.4 is 10.1 Å². The van der Waals surface area contributed by atoms with E-state index < -0.39 is 6.04 Å². The maximum Gasteiger partial charge on any atom is 0.261 e. The van der Waals surface area contributed by atoms with E-state index in [0.29, 0.717) is 18.2 Å². The molecule has 0 aliphatic rings. The predicted molar refractivity (Wildman–Crippen MR) is 125 cm³/mol. The van der Waals surface area contributed by atoms with E-state index in [9.17, 15) is 9.59 Å². The molecule has 2 amide bonds. The molecule has 31 heavy (non-hydrogen) atoms. The zero-order valence-electron chi connectivity index (χ0n) is 19.9. The topological polar surface area (TPSA) is 58.6 Å². The smallest absolute Gasteiger partial charge is 0.261 e. The Morgan fingerprint density at radius 3 is 2.06 bits per heavy atom. The van der Waals surface area contributed by atoms with Crippen molar-refractivity contribution in [2.24, 2.45) is 0 Å². The predicted octanol–water partition coefficient (Wildman–Crippen LogP) is 4.83. The lowest BCUT2D eigenvalue weighted by atomic mass is 10.0. The third-order valence-corrected chi connectivity index (χ3v) is 5.05. The highest BCUT2D eigenvalue weighted by molar-refractivity contribution is 5.88. The molecule has 0 aromatic heterocycles. The van der Waals surface area contributed by atoms with E-state index in [1.807, 2.05) is 76.2 Å². The van der Waals surface area contributed by atoms with Crippen LogP contribution in [0, 0.1) is 6.92 Å². The van der Waals surface area contributed by atoms with Gasteiger partial charge in [-0.2, -0.15) is 0 Å². The Hall–Kier alpha value is -2.82. The summed E-state index contributed by atoms with van der Waals surface area (Å²) >= 11 is 0. The number of nitrogens with zero attached hydrogens (tertiary/aromatic N) is 1. The first-order chi connectivity index (χ1) is 14.5. The molecule has 1 N–H and O–H groups in total. The van der Waals surface area contributed by atoms with Crippen molar-refractivity contribution in [2.75, 3.05) is 6.61 Å². The number of carbonyl (C=O) groups excluding carboxylic acids is 2. The molecule has 0 aliphatic heterocycles. The molecular formula is C26H36N2O3. The zero-order chi connectivity index (χ0) is 23.2. The summed E-state index contributed by atoms with van der Waals surface area (Å²) in [7, 11) is 0. The van der Waals surface area contributed by atoms with E-state index in [0.717, 1.165) is 11.1 Å². The molecule has 0 saturated heterocycles. The number of nitrogens with one attached hydrogen (secondary N) is 1. The molecule has 0 unspecified atom stereocenters. The quantitative estimate of drug-likeness (QED) is 0.660. The van der Waals surface area contributed by atoms with Crippen LogP contribution in [0.2, 0.25) is 0 Å². The molecule has 0 fully saturated rings. The van der Waals surface area contributed by atoms with Gasteiger partial charge in [-0.25, -0.2) is 0 Å². The number of hydrogen-bond acceptors (Lipinski definition) is 3. The highest BCUT2D eigenvalue weighted by Gasteiger charge is 2.28. The third-order valence-electron chi connectivity index (χ3n) is 5.05. The lowest BCUT2D eigenvalue weighted by Crippen LogP contribution is -2.53. The number of rotatable bonds is 8. The van der Waals surface area contributed by atoms with Gasteiger partial charge in [0.1, 0.15) is 11.8 Å². The number of ether oxygens (including phenoxy) is 1. The minimum atomic E-state index is -0.625. The maximum atomic E-state index is 13.1. The lowest BCUT2D eigenvalue weighted by molar-refractivity contribution is -0.142. The Balaban J connectivity index is 2.14. The monoisotopic (exact) mass is 424 g/mol. The summed E-state index contributed by atoms with van der Waals surface area (Å²) in [4.78, 5) is 27.5. The molecule has 0 radical (unpaired) electrons. The van der Waals surface area contributed by atoms with Gasteiger partial charge < -0.3 is 15.0 Å². The molecule has 1 atom stereocenters. The Kier molecular flexibility index (Phi) is 8.26. The number of benzene rings is 2. The maximum absolute atomic E-state index is 13.1. The zero-order valence-corrected chi connectivity index (χ0v) is 19.9. The highest BCUT2D eigenvalue weighted by Crippen LogP contribution is 2.19. The Bertz CT molecular complexity index is 865. The first-order valence-corrected chi connectivity index (χ1v) is 10.9. The van der Waals surface area contributed by atoms with E-state index in [2.05, 4.69) is 19.2 Å². The average Bonchev–Trinajstić information content (AvgIpc) is 2.70. The van der Waals surface area contributed by atoms with Gasteiger partial charge in [-0.3, -0.25) is 9.59 Å². The van der Waals surface area contributed by atoms with Crippen LogP contribution in [-0.2, 0) is 16.1 Å². The standard InChI is InChI=1S/C26H36N2O3/c1-18(2)22-12-14-23(15-13-22)31-17-24(29)28(16-21-10-8-19(3)9-11-21)20(4)25(30)27-26(5,6)7/h8-15,18,20H,16-17H2,1-7H3,(H,27,30)/t20-/m1/s1. The van der Waals surface area contributed by atoms with Crippen LogP contribution in [-0.4, -0.2) is 34.9 Å². The van der Waals surface area contributed by atoms with Gasteiger partial charge in [0.25, 0.3) is 5.91 Å². The van der Waals surface area contributed by atoms with Crippen molar-refractivity contribution >= 4 is 11.8 Å². The van der Waals surface area contributed by atoms with Crippen LogP contribution in [0.5, 0.6) is 5.75 Å². The van der Waals surface area contributed by atoms with Gasteiger partial charge in [0.2, 0.25) is 5.91 Å². The van der Waals surface area contributed by atoms with Crippen molar-refractivity contribution in [3.8, 4) is 5.75 Å². The Morgan fingerprint density at radius 2 is 1.55 bits per heavy atom. The van der Waals surface area contributed by atoms with E-state index >= 15 is 0 Å². The number of carbonyl (C=O) groups is 2. The molecule has 0 aliphatic carbocycles. The molecule has 0 spiro atoms. The molecule has 5 heteroatoms. The number of amides is 2. The molecule has 2 aromatic rings. The first kappa shape index (κ1) is 24.4. The molecule has 0 heterocycles. The Labute approximate surface area is 186 Å². The van der Waals surface area contributed by atoms with Crippen LogP contribution in [0.1, 0.15) is 64.2 Å². The lowest BCUT2D eigenvalue weighted by Gasteiger charge is -2.31. The second kappa shape index (κ2) is 10.5. The summed E-state index contributed by atoms with van der Waals surface area (Å²) in [6.07, 6.45) is 0. The largest absolute Gasteiger partial charge is 0.484 e. The van der Waals surface area contributed by atoms with Crippen molar-refractivity contribution in [1.82, 2.24) is 10.2 Å². The third kappa shape index (κ3) is 7.74. The van der Waals surface area contributed by atoms with Crippen LogP contribution in [0.4, 0.5) is 0 Å². The van der Waals surface area contributed by atoms with Gasteiger partial charge in [-0.05, 0) is 63.8 Å². The molecule has 168 valence electrons. The number of aryl methyl sites for hydroxylation is 1. The summed E-state index contributed by atoms with van der Waals surface area (Å²) in [5.74, 6) is 0.655. The molecule has 2 aromatic carbocycles. The van der Waals surface area contributed by atoms with E-state index in [1.54, 1.807) is 11.8 Å².